The summed E-state index contributed by atoms with van der Waals surface area (Å²) < 4.78 is 10.1. The number of nitro benzene ring substituents is 1. The lowest BCUT2D eigenvalue weighted by Crippen LogP contribution is -2.05. The maximum absolute atomic E-state index is 11.4. The summed E-state index contributed by atoms with van der Waals surface area (Å²) in [6.45, 7) is 0. The number of benzene rings is 2. The topological polar surface area (TPSA) is 122 Å². The fourth-order valence-corrected chi connectivity index (χ4v) is 1.95. The van der Waals surface area contributed by atoms with Crippen LogP contribution in [0.3, 0.4) is 0 Å². The molecule has 8 heteroatoms. The minimum Gasteiger partial charge on any atom is -0.465 e. The predicted molar refractivity (Wildman–Crippen MR) is 89.2 cm³/mol. The van der Waals surface area contributed by atoms with Gasteiger partial charge in [-0.15, -0.1) is 0 Å². The molecule has 25 heavy (non-hydrogen) atoms. The lowest BCUT2D eigenvalue weighted by atomic mass is 10.1. The molecule has 0 aromatic heterocycles. The van der Waals surface area contributed by atoms with E-state index in [1.165, 1.54) is 49.6 Å². The van der Waals surface area contributed by atoms with Crippen LogP contribution in [0.4, 0.5) is 5.69 Å². The van der Waals surface area contributed by atoms with Crippen molar-refractivity contribution in [1.29, 1.82) is 0 Å². The van der Waals surface area contributed by atoms with Crippen molar-refractivity contribution in [3.63, 3.8) is 0 Å². The van der Waals surface area contributed by atoms with E-state index in [1.54, 1.807) is 6.07 Å². The number of methoxy groups -OCH3 is 1. The Hall–Kier alpha value is -3.68. The van der Waals surface area contributed by atoms with Gasteiger partial charge in [-0.25, -0.2) is 4.79 Å². The highest BCUT2D eigenvalue weighted by molar-refractivity contribution is 5.90. The lowest BCUT2D eigenvalue weighted by molar-refractivity contribution is -0.385. The van der Waals surface area contributed by atoms with E-state index >= 15 is 0 Å². The molecule has 0 aliphatic carbocycles. The van der Waals surface area contributed by atoms with Gasteiger partial charge in [0.1, 0.15) is 5.75 Å². The van der Waals surface area contributed by atoms with Crippen LogP contribution in [0.25, 0.3) is 6.08 Å². The Morgan fingerprint density at radius 2 is 1.84 bits per heavy atom. The number of rotatable bonds is 6. The van der Waals surface area contributed by atoms with E-state index < -0.39 is 16.8 Å². The van der Waals surface area contributed by atoms with Crippen LogP contribution in [-0.2, 0) is 9.53 Å². The molecule has 0 aliphatic rings. The third-order valence-corrected chi connectivity index (χ3v) is 3.12. The Kier molecular flexibility index (Phi) is 5.47. The van der Waals surface area contributed by atoms with Crippen LogP contribution in [0.15, 0.2) is 48.5 Å². The monoisotopic (exact) mass is 342 g/mol. The maximum Gasteiger partial charge on any atom is 0.337 e. The number of nitrogens with two attached hydrogens (primary N) is 1. The maximum atomic E-state index is 11.4. The van der Waals surface area contributed by atoms with Gasteiger partial charge in [0.15, 0.2) is 0 Å². The number of carbonyl (C=O) groups is 2. The molecule has 0 heterocycles. The van der Waals surface area contributed by atoms with E-state index in [2.05, 4.69) is 4.74 Å². The molecule has 0 aliphatic heterocycles. The summed E-state index contributed by atoms with van der Waals surface area (Å²) in [6, 6.07) is 10.2. The average molecular weight is 342 g/mol. The van der Waals surface area contributed by atoms with Crippen molar-refractivity contribution in [3.05, 3.63) is 69.8 Å². The standard InChI is InChI=1S/C17H14N2O6/c1-24-17(21)12-4-6-13(7-5-12)25-15-8-2-11(3-9-16(18)20)10-14(15)19(22)23/h2-10H,1H3,(H2,18,20)/b9-3-. The lowest BCUT2D eigenvalue weighted by Gasteiger charge is -2.07. The smallest absolute Gasteiger partial charge is 0.337 e. The van der Waals surface area contributed by atoms with Gasteiger partial charge in [-0.3, -0.25) is 14.9 Å². The first-order chi connectivity index (χ1) is 11.9. The average Bonchev–Trinajstić information content (AvgIpc) is 2.60. The molecule has 1 amide bonds. The van der Waals surface area contributed by atoms with Crippen LogP contribution in [0, 0.1) is 10.1 Å². The van der Waals surface area contributed by atoms with Crippen molar-refractivity contribution >= 4 is 23.6 Å². The van der Waals surface area contributed by atoms with E-state index in [9.17, 15) is 19.7 Å². The summed E-state index contributed by atoms with van der Waals surface area (Å²) in [5.41, 5.74) is 5.48. The van der Waals surface area contributed by atoms with Gasteiger partial charge in [0.2, 0.25) is 11.7 Å². The number of esters is 1. The van der Waals surface area contributed by atoms with E-state index in [-0.39, 0.29) is 11.4 Å². The summed E-state index contributed by atoms with van der Waals surface area (Å²) in [5.74, 6) is -0.819. The first-order valence-electron chi connectivity index (χ1n) is 7.03. The Labute approximate surface area is 142 Å². The molecule has 0 atom stereocenters. The minimum atomic E-state index is -0.659. The quantitative estimate of drug-likeness (QED) is 0.373. The van der Waals surface area contributed by atoms with Crippen molar-refractivity contribution in [1.82, 2.24) is 0 Å². The van der Waals surface area contributed by atoms with Crippen molar-refractivity contribution in [2.75, 3.05) is 7.11 Å². The van der Waals surface area contributed by atoms with E-state index in [1.807, 2.05) is 0 Å². The summed E-state index contributed by atoms with van der Waals surface area (Å²) in [5, 5.41) is 11.2. The first-order valence-corrected chi connectivity index (χ1v) is 7.03. The highest BCUT2D eigenvalue weighted by Crippen LogP contribution is 2.32. The zero-order valence-corrected chi connectivity index (χ0v) is 13.2. The van der Waals surface area contributed by atoms with Crippen LogP contribution < -0.4 is 10.5 Å². The van der Waals surface area contributed by atoms with E-state index in [0.717, 1.165) is 6.08 Å². The van der Waals surface area contributed by atoms with E-state index in [0.29, 0.717) is 16.9 Å². The van der Waals surface area contributed by atoms with Crippen molar-refractivity contribution < 1.29 is 24.0 Å². The van der Waals surface area contributed by atoms with Gasteiger partial charge in [0.05, 0.1) is 17.6 Å². The van der Waals surface area contributed by atoms with Crippen molar-refractivity contribution in [2.24, 2.45) is 5.73 Å². The van der Waals surface area contributed by atoms with Crippen LogP contribution in [0.5, 0.6) is 11.5 Å². The Morgan fingerprint density at radius 1 is 1.16 bits per heavy atom. The van der Waals surface area contributed by atoms with Crippen LogP contribution >= 0.6 is 0 Å². The van der Waals surface area contributed by atoms with Gasteiger partial charge in [-0.2, -0.15) is 0 Å². The zero-order valence-electron chi connectivity index (χ0n) is 13.2. The number of hydrogen-bond donors (Lipinski definition) is 1. The van der Waals surface area contributed by atoms with Gasteiger partial charge in [-0.05, 0) is 42.0 Å². The summed E-state index contributed by atoms with van der Waals surface area (Å²) >= 11 is 0. The summed E-state index contributed by atoms with van der Waals surface area (Å²) in [4.78, 5) is 32.8. The van der Waals surface area contributed by atoms with E-state index in [4.69, 9.17) is 10.5 Å². The molecular formula is C17H14N2O6. The molecule has 0 spiro atoms. The normalized spacial score (nSPS) is 10.4. The largest absolute Gasteiger partial charge is 0.465 e. The number of primary amides is 1. The first kappa shape index (κ1) is 17.7. The third-order valence-electron chi connectivity index (χ3n) is 3.12. The highest BCUT2D eigenvalue weighted by atomic mass is 16.6. The van der Waals surface area contributed by atoms with Gasteiger partial charge in [0.25, 0.3) is 0 Å². The molecule has 0 fully saturated rings. The fraction of sp³-hybridized carbons (Fsp3) is 0.0588. The van der Waals surface area contributed by atoms with Crippen LogP contribution in [-0.4, -0.2) is 23.9 Å². The number of hydrogen-bond acceptors (Lipinski definition) is 6. The second-order valence-electron chi connectivity index (χ2n) is 4.84. The number of nitro groups is 1. The highest BCUT2D eigenvalue weighted by Gasteiger charge is 2.16. The third kappa shape index (κ3) is 4.64. The van der Waals surface area contributed by atoms with Crippen molar-refractivity contribution in [3.8, 4) is 11.5 Å². The molecule has 0 bridgehead atoms. The number of ether oxygens (including phenoxy) is 2. The molecule has 128 valence electrons. The number of amides is 1. The second kappa shape index (κ2) is 7.73. The molecule has 2 rings (SSSR count). The summed E-state index contributed by atoms with van der Waals surface area (Å²) in [7, 11) is 1.27. The molecule has 2 N–H and O–H groups in total. The Balaban J connectivity index is 2.28. The van der Waals surface area contributed by atoms with Gasteiger partial charge in [0, 0.05) is 12.1 Å². The molecule has 0 unspecified atom stereocenters. The SMILES string of the molecule is COC(=O)c1ccc(Oc2ccc(/C=C\C(N)=O)cc2[N+](=O)[O-])cc1. The molecule has 2 aromatic rings. The Bertz CT molecular complexity index is 843. The molecule has 0 radical (unpaired) electrons. The van der Waals surface area contributed by atoms with Gasteiger partial charge < -0.3 is 15.2 Å². The number of carbonyl (C=O) groups excluding carboxylic acids is 2. The second-order valence-corrected chi connectivity index (χ2v) is 4.84. The van der Waals surface area contributed by atoms with Crippen molar-refractivity contribution in [2.45, 2.75) is 0 Å². The minimum absolute atomic E-state index is 0.0204. The Morgan fingerprint density at radius 3 is 2.40 bits per heavy atom. The summed E-state index contributed by atoms with van der Waals surface area (Å²) in [6.07, 6.45) is 2.47. The van der Waals surface area contributed by atoms with Crippen LogP contribution in [0.1, 0.15) is 15.9 Å². The number of nitrogens with zero attached hydrogens (tertiary/aromatic N) is 1. The molecule has 0 saturated carbocycles. The fourth-order valence-electron chi connectivity index (χ4n) is 1.95. The van der Waals surface area contributed by atoms with Gasteiger partial charge in [-0.1, -0.05) is 6.07 Å². The van der Waals surface area contributed by atoms with Gasteiger partial charge >= 0.3 is 11.7 Å². The molecular weight excluding hydrogens is 328 g/mol. The molecule has 2 aromatic carbocycles. The molecule has 8 nitrogen and oxygen atoms in total. The molecule has 0 saturated heterocycles. The zero-order chi connectivity index (χ0) is 18.4. The van der Waals surface area contributed by atoms with Crippen LogP contribution in [0.2, 0.25) is 0 Å². The predicted octanol–water partition coefficient (Wildman–Crippen LogP) is 2.67.